The number of alkyl halides is 2. The van der Waals surface area contributed by atoms with E-state index in [-0.39, 0.29) is 23.1 Å². The van der Waals surface area contributed by atoms with Crippen LogP contribution in [0, 0.1) is 0 Å². The van der Waals surface area contributed by atoms with Crippen molar-refractivity contribution in [1.82, 2.24) is 0 Å². The Bertz CT molecular complexity index is 908. The van der Waals surface area contributed by atoms with Gasteiger partial charge in [0.1, 0.15) is 30.8 Å². The molecule has 0 heterocycles. The summed E-state index contributed by atoms with van der Waals surface area (Å²) in [4.78, 5) is 0.112. The van der Waals surface area contributed by atoms with Gasteiger partial charge in [0.2, 0.25) is 0 Å². The van der Waals surface area contributed by atoms with Gasteiger partial charge in [-0.15, -0.1) is 0 Å². The molecule has 0 N–H and O–H groups in total. The van der Waals surface area contributed by atoms with Gasteiger partial charge in [-0.3, -0.25) is 0 Å². The highest BCUT2D eigenvalue weighted by Gasteiger charge is 2.16. The predicted molar refractivity (Wildman–Crippen MR) is 165 cm³/mol. The maximum absolute atomic E-state index is 6.06. The molecule has 35 heavy (non-hydrogen) atoms. The molecular formula is C25H30Br6O4. The summed E-state index contributed by atoms with van der Waals surface area (Å²) < 4.78 is 27.2. The first kappa shape index (κ1) is 32.1. The maximum atomic E-state index is 6.06. The molecule has 2 aromatic rings. The van der Waals surface area contributed by atoms with E-state index < -0.39 is 0 Å². The second-order valence-electron chi connectivity index (χ2n) is 8.52. The third kappa shape index (κ3) is 11.2. The molecule has 10 heteroatoms. The van der Waals surface area contributed by atoms with Crippen LogP contribution in [0.15, 0.2) is 42.2 Å². The Labute approximate surface area is 259 Å². The Kier molecular flexibility index (Phi) is 14.7. The molecule has 2 aromatic carbocycles. The van der Waals surface area contributed by atoms with Gasteiger partial charge in [0.05, 0.1) is 41.5 Å². The number of hydrogen-bond donors (Lipinski definition) is 0. The molecule has 0 aromatic heterocycles. The Balaban J connectivity index is 2.06. The average Bonchev–Trinajstić information content (AvgIpc) is 2.75. The minimum absolute atomic E-state index is 0.0218. The topological polar surface area (TPSA) is 36.9 Å². The zero-order valence-electron chi connectivity index (χ0n) is 20.1. The second kappa shape index (κ2) is 16.1. The van der Waals surface area contributed by atoms with Gasteiger partial charge >= 0.3 is 0 Å². The summed E-state index contributed by atoms with van der Waals surface area (Å²) >= 11 is 21.8. The van der Waals surface area contributed by atoms with Crippen molar-refractivity contribution in [3.63, 3.8) is 0 Å². The van der Waals surface area contributed by atoms with Crippen molar-refractivity contribution < 1.29 is 18.9 Å². The molecule has 0 spiro atoms. The highest BCUT2D eigenvalue weighted by atomic mass is 79.9. The molecule has 2 rings (SSSR count). The second-order valence-corrected chi connectivity index (χ2v) is 13.9. The largest absolute Gasteiger partial charge is 0.490 e. The molecule has 196 valence electrons. The van der Waals surface area contributed by atoms with Crippen LogP contribution in [-0.2, 0) is 15.9 Å². The van der Waals surface area contributed by atoms with Crippen molar-refractivity contribution in [3.8, 4) is 11.5 Å². The fourth-order valence-corrected chi connectivity index (χ4v) is 6.79. The SMILES string of the molecule is CC(C)OCC(Br)COc1c(Br)cc(Cc2cc(Br)c(OCC(CBr)OC(C)C)c(Br)c2)cc1Br. The fraction of sp³-hybridized carbons (Fsp3) is 0.520. The fourth-order valence-electron chi connectivity index (χ4n) is 3.14. The van der Waals surface area contributed by atoms with Crippen LogP contribution in [0.1, 0.15) is 38.8 Å². The molecule has 0 aliphatic rings. The molecule has 2 atom stereocenters. The summed E-state index contributed by atoms with van der Waals surface area (Å²) in [6.07, 6.45) is 1.06. The summed E-state index contributed by atoms with van der Waals surface area (Å²) in [5, 5.41) is 0.712. The van der Waals surface area contributed by atoms with E-state index >= 15 is 0 Å². The van der Waals surface area contributed by atoms with E-state index in [1.165, 1.54) is 0 Å². The van der Waals surface area contributed by atoms with Crippen LogP contribution in [0.25, 0.3) is 0 Å². The standard InChI is InChI=1S/C25H30Br6O4/c1-14(2)32-11-18(27)12-33-24-20(28)6-16(7-21(24)29)5-17-8-22(30)25(23(31)9-17)34-13-19(10-26)35-15(3)4/h6-9,14-15,18-19H,5,10-13H2,1-4H3. The smallest absolute Gasteiger partial charge is 0.147 e. The minimum Gasteiger partial charge on any atom is -0.490 e. The zero-order valence-corrected chi connectivity index (χ0v) is 29.6. The molecule has 0 fully saturated rings. The Morgan fingerprint density at radius 1 is 0.686 bits per heavy atom. The van der Waals surface area contributed by atoms with Crippen molar-refractivity contribution in [1.29, 1.82) is 0 Å². The lowest BCUT2D eigenvalue weighted by molar-refractivity contribution is -0.00316. The quantitative estimate of drug-likeness (QED) is 0.178. The number of ether oxygens (including phenoxy) is 4. The van der Waals surface area contributed by atoms with Crippen LogP contribution in [0.5, 0.6) is 11.5 Å². The van der Waals surface area contributed by atoms with E-state index in [9.17, 15) is 0 Å². The summed E-state index contributed by atoms with van der Waals surface area (Å²) in [6, 6.07) is 8.35. The summed E-state index contributed by atoms with van der Waals surface area (Å²) in [5.74, 6) is 1.54. The summed E-state index contributed by atoms with van der Waals surface area (Å²) in [6.45, 7) is 9.64. The van der Waals surface area contributed by atoms with Crippen molar-refractivity contribution in [3.05, 3.63) is 53.3 Å². The molecule has 0 saturated heterocycles. The number of hydrogen-bond acceptors (Lipinski definition) is 4. The van der Waals surface area contributed by atoms with E-state index in [1.807, 2.05) is 27.7 Å². The van der Waals surface area contributed by atoms with Crippen molar-refractivity contribution in [2.75, 3.05) is 25.2 Å². The number of halogens is 6. The van der Waals surface area contributed by atoms with E-state index in [4.69, 9.17) is 18.9 Å². The Morgan fingerprint density at radius 2 is 1.14 bits per heavy atom. The van der Waals surface area contributed by atoms with Crippen LogP contribution in [0.4, 0.5) is 0 Å². The van der Waals surface area contributed by atoms with Crippen LogP contribution in [0.2, 0.25) is 0 Å². The van der Waals surface area contributed by atoms with Crippen molar-refractivity contribution >= 4 is 95.6 Å². The van der Waals surface area contributed by atoms with Gasteiger partial charge in [-0.25, -0.2) is 0 Å². The van der Waals surface area contributed by atoms with Gasteiger partial charge in [0.25, 0.3) is 0 Å². The maximum Gasteiger partial charge on any atom is 0.147 e. The van der Waals surface area contributed by atoms with Crippen LogP contribution >= 0.6 is 95.6 Å². The lowest BCUT2D eigenvalue weighted by atomic mass is 10.0. The lowest BCUT2D eigenvalue weighted by Gasteiger charge is -2.20. The van der Waals surface area contributed by atoms with E-state index in [0.29, 0.717) is 25.2 Å². The molecular weight excluding hydrogens is 844 g/mol. The Morgan fingerprint density at radius 3 is 1.54 bits per heavy atom. The molecule has 2 unspecified atom stereocenters. The van der Waals surface area contributed by atoms with Gasteiger partial charge < -0.3 is 18.9 Å². The summed E-state index contributed by atoms with van der Waals surface area (Å²) in [7, 11) is 0. The molecule has 0 saturated carbocycles. The highest BCUT2D eigenvalue weighted by Crippen LogP contribution is 2.38. The van der Waals surface area contributed by atoms with Gasteiger partial charge in [0, 0.05) is 5.33 Å². The first-order valence-corrected chi connectivity index (χ1v) is 16.4. The molecule has 0 radical (unpaired) electrons. The van der Waals surface area contributed by atoms with E-state index in [2.05, 4.69) is 120 Å². The normalized spacial score (nSPS) is 13.4. The molecule has 0 bridgehead atoms. The number of rotatable bonds is 14. The van der Waals surface area contributed by atoms with E-state index in [1.54, 1.807) is 0 Å². The molecule has 0 aliphatic heterocycles. The van der Waals surface area contributed by atoms with Crippen LogP contribution < -0.4 is 9.47 Å². The lowest BCUT2D eigenvalue weighted by Crippen LogP contribution is -2.26. The van der Waals surface area contributed by atoms with Gasteiger partial charge in [-0.05, 0) is 133 Å². The van der Waals surface area contributed by atoms with Gasteiger partial charge in [0.15, 0.2) is 0 Å². The minimum atomic E-state index is -0.0218. The first-order valence-electron chi connectivity index (χ1n) is 11.2. The Hall–Kier alpha value is 0.840. The third-order valence-electron chi connectivity index (χ3n) is 4.59. The molecule has 0 amide bonds. The van der Waals surface area contributed by atoms with Crippen molar-refractivity contribution in [2.24, 2.45) is 0 Å². The zero-order chi connectivity index (χ0) is 26.1. The highest BCUT2D eigenvalue weighted by molar-refractivity contribution is 9.11. The first-order chi connectivity index (χ1) is 16.5. The van der Waals surface area contributed by atoms with Gasteiger partial charge in [-0.2, -0.15) is 0 Å². The molecule has 4 nitrogen and oxygen atoms in total. The summed E-state index contributed by atoms with van der Waals surface area (Å²) in [5.41, 5.74) is 2.29. The van der Waals surface area contributed by atoms with Crippen molar-refractivity contribution in [2.45, 2.75) is 57.3 Å². The third-order valence-corrected chi connectivity index (χ3v) is 8.20. The predicted octanol–water partition coefficient (Wildman–Crippen LogP) is 9.46. The van der Waals surface area contributed by atoms with Crippen LogP contribution in [-0.4, -0.2) is 48.3 Å². The number of benzene rings is 2. The average molecular weight is 874 g/mol. The van der Waals surface area contributed by atoms with Crippen LogP contribution in [0.3, 0.4) is 0 Å². The van der Waals surface area contributed by atoms with E-state index in [0.717, 1.165) is 46.9 Å². The van der Waals surface area contributed by atoms with Gasteiger partial charge in [-0.1, -0.05) is 31.9 Å². The molecule has 0 aliphatic carbocycles. The monoisotopic (exact) mass is 868 g/mol.